The normalized spacial score (nSPS) is 18.3. The summed E-state index contributed by atoms with van der Waals surface area (Å²) < 4.78 is 5.50. The van der Waals surface area contributed by atoms with Crippen LogP contribution >= 0.6 is 0 Å². The highest BCUT2D eigenvalue weighted by molar-refractivity contribution is 6.46. The first-order valence-electron chi connectivity index (χ1n) is 10.1. The summed E-state index contributed by atoms with van der Waals surface area (Å²) in [5.74, 6) is -0.630. The molecule has 1 amide bonds. The number of ketones is 1. The zero-order valence-electron chi connectivity index (χ0n) is 17.1. The third-order valence-electron chi connectivity index (χ3n) is 5.15. The Morgan fingerprint density at radius 1 is 1.00 bits per heavy atom. The van der Waals surface area contributed by atoms with E-state index in [1.807, 2.05) is 50.2 Å². The lowest BCUT2D eigenvalue weighted by Gasteiger charge is -2.25. The van der Waals surface area contributed by atoms with Crippen molar-refractivity contribution in [3.8, 4) is 5.75 Å². The van der Waals surface area contributed by atoms with E-state index >= 15 is 0 Å². The summed E-state index contributed by atoms with van der Waals surface area (Å²) in [4.78, 5) is 27.1. The average Bonchev–Trinajstić information content (AvgIpc) is 2.99. The van der Waals surface area contributed by atoms with Gasteiger partial charge in [0.15, 0.2) is 0 Å². The van der Waals surface area contributed by atoms with E-state index in [1.165, 1.54) is 0 Å². The first-order chi connectivity index (χ1) is 14.0. The first kappa shape index (κ1) is 20.6. The van der Waals surface area contributed by atoms with Gasteiger partial charge in [0.2, 0.25) is 0 Å². The lowest BCUT2D eigenvalue weighted by molar-refractivity contribution is -0.139. The van der Waals surface area contributed by atoms with Crippen molar-refractivity contribution in [3.05, 3.63) is 70.8 Å². The van der Waals surface area contributed by atoms with Crippen LogP contribution in [0.25, 0.3) is 5.76 Å². The summed E-state index contributed by atoms with van der Waals surface area (Å²) in [6, 6.07) is 14.1. The molecule has 1 saturated heterocycles. The molecule has 5 nitrogen and oxygen atoms in total. The number of carbonyl (C=O) groups excluding carboxylic acids is 2. The number of nitrogens with zero attached hydrogens (tertiary/aromatic N) is 1. The number of rotatable bonds is 7. The number of aryl methyl sites for hydroxylation is 1. The highest BCUT2D eigenvalue weighted by Crippen LogP contribution is 2.39. The molecular formula is C24H27NO4. The number of ether oxygens (including phenoxy) is 1. The number of Topliss-reactive ketones (excluding diaryl/α,β-unsaturated/α-hetero) is 1. The molecule has 0 spiro atoms. The SMILES string of the molecule is CCCN1C(=O)C(=O)/C(=C(\O)c2ccc(CC)cc2)C1c1ccc(OCC)cc1. The van der Waals surface area contributed by atoms with E-state index in [0.717, 1.165) is 23.3 Å². The van der Waals surface area contributed by atoms with Crippen molar-refractivity contribution in [3.63, 3.8) is 0 Å². The number of benzene rings is 2. The molecule has 3 rings (SSSR count). The minimum atomic E-state index is -0.644. The Labute approximate surface area is 171 Å². The Bertz CT molecular complexity index is 913. The van der Waals surface area contributed by atoms with E-state index < -0.39 is 17.7 Å². The Hall–Kier alpha value is -3.08. The number of aliphatic hydroxyl groups excluding tert-OH is 1. The molecule has 1 fully saturated rings. The van der Waals surface area contributed by atoms with Gasteiger partial charge < -0.3 is 14.7 Å². The lowest BCUT2D eigenvalue weighted by Crippen LogP contribution is -2.30. The minimum absolute atomic E-state index is 0.136. The molecular weight excluding hydrogens is 366 g/mol. The van der Waals surface area contributed by atoms with E-state index in [9.17, 15) is 14.7 Å². The molecule has 0 saturated carbocycles. The molecule has 2 aromatic rings. The standard InChI is InChI=1S/C24H27NO4/c1-4-15-25-21(17-11-13-19(14-12-17)29-6-3)20(23(27)24(25)28)22(26)18-9-7-16(5-2)8-10-18/h7-14,21,26H,4-6,15H2,1-3H3/b22-20-. The second kappa shape index (κ2) is 8.95. The second-order valence-corrected chi connectivity index (χ2v) is 7.05. The van der Waals surface area contributed by atoms with Crippen LogP contribution in [-0.2, 0) is 16.0 Å². The van der Waals surface area contributed by atoms with Gasteiger partial charge in [-0.3, -0.25) is 9.59 Å². The van der Waals surface area contributed by atoms with Crippen LogP contribution in [0.1, 0.15) is 49.9 Å². The van der Waals surface area contributed by atoms with Gasteiger partial charge in [0, 0.05) is 12.1 Å². The minimum Gasteiger partial charge on any atom is -0.507 e. The number of amides is 1. The summed E-state index contributed by atoms with van der Waals surface area (Å²) in [6.45, 7) is 6.92. The zero-order valence-corrected chi connectivity index (χ0v) is 17.1. The van der Waals surface area contributed by atoms with Crippen molar-refractivity contribution in [2.75, 3.05) is 13.2 Å². The molecule has 1 unspecified atom stereocenters. The third kappa shape index (κ3) is 4.04. The summed E-state index contributed by atoms with van der Waals surface area (Å²) in [5.41, 5.74) is 2.58. The van der Waals surface area contributed by atoms with Gasteiger partial charge in [-0.25, -0.2) is 0 Å². The molecule has 0 radical (unpaired) electrons. The quantitative estimate of drug-likeness (QED) is 0.428. The van der Waals surface area contributed by atoms with Crippen LogP contribution in [0, 0.1) is 0 Å². The van der Waals surface area contributed by atoms with Crippen molar-refractivity contribution in [1.29, 1.82) is 0 Å². The Kier molecular flexibility index (Phi) is 6.37. The van der Waals surface area contributed by atoms with Crippen molar-refractivity contribution in [2.24, 2.45) is 0 Å². The molecule has 5 heteroatoms. The molecule has 0 aromatic heterocycles. The highest BCUT2D eigenvalue weighted by Gasteiger charge is 2.45. The first-order valence-corrected chi connectivity index (χ1v) is 10.1. The van der Waals surface area contributed by atoms with E-state index in [1.54, 1.807) is 17.0 Å². The summed E-state index contributed by atoms with van der Waals surface area (Å²) in [6.07, 6.45) is 1.60. The maximum absolute atomic E-state index is 12.8. The Morgan fingerprint density at radius 3 is 2.21 bits per heavy atom. The molecule has 1 aliphatic rings. The smallest absolute Gasteiger partial charge is 0.295 e. The van der Waals surface area contributed by atoms with Crippen LogP contribution in [0.3, 0.4) is 0 Å². The van der Waals surface area contributed by atoms with Crippen molar-refractivity contribution >= 4 is 17.4 Å². The topological polar surface area (TPSA) is 66.8 Å². The molecule has 2 aromatic carbocycles. The van der Waals surface area contributed by atoms with Gasteiger partial charge in [-0.05, 0) is 43.0 Å². The van der Waals surface area contributed by atoms with Crippen molar-refractivity contribution in [1.82, 2.24) is 4.90 Å². The maximum Gasteiger partial charge on any atom is 0.295 e. The van der Waals surface area contributed by atoms with E-state index in [2.05, 4.69) is 6.92 Å². The molecule has 1 heterocycles. The summed E-state index contributed by atoms with van der Waals surface area (Å²) in [5, 5.41) is 11.0. The van der Waals surface area contributed by atoms with Crippen molar-refractivity contribution in [2.45, 2.75) is 39.7 Å². The molecule has 152 valence electrons. The second-order valence-electron chi connectivity index (χ2n) is 7.05. The predicted octanol–water partition coefficient (Wildman–Crippen LogP) is 4.48. The Morgan fingerprint density at radius 2 is 1.66 bits per heavy atom. The van der Waals surface area contributed by atoms with E-state index in [0.29, 0.717) is 25.1 Å². The van der Waals surface area contributed by atoms with Crippen LogP contribution in [0.5, 0.6) is 5.75 Å². The van der Waals surface area contributed by atoms with Crippen LogP contribution in [0.15, 0.2) is 54.1 Å². The van der Waals surface area contributed by atoms with Gasteiger partial charge in [0.25, 0.3) is 11.7 Å². The van der Waals surface area contributed by atoms with Gasteiger partial charge in [-0.1, -0.05) is 50.2 Å². The fourth-order valence-corrected chi connectivity index (χ4v) is 3.66. The fraction of sp³-hybridized carbons (Fsp3) is 0.333. The van der Waals surface area contributed by atoms with Gasteiger partial charge in [-0.2, -0.15) is 0 Å². The number of hydrogen-bond donors (Lipinski definition) is 1. The maximum atomic E-state index is 12.8. The number of carbonyl (C=O) groups is 2. The number of likely N-dealkylation sites (tertiary alicyclic amines) is 1. The summed E-state index contributed by atoms with van der Waals surface area (Å²) >= 11 is 0. The third-order valence-corrected chi connectivity index (χ3v) is 5.15. The van der Waals surface area contributed by atoms with Gasteiger partial charge in [0.05, 0.1) is 18.2 Å². The molecule has 1 atom stereocenters. The summed E-state index contributed by atoms with van der Waals surface area (Å²) in [7, 11) is 0. The average molecular weight is 393 g/mol. The number of hydrogen-bond acceptors (Lipinski definition) is 4. The molecule has 29 heavy (non-hydrogen) atoms. The largest absolute Gasteiger partial charge is 0.507 e. The van der Waals surface area contributed by atoms with E-state index in [4.69, 9.17) is 4.74 Å². The molecule has 1 aliphatic heterocycles. The highest BCUT2D eigenvalue weighted by atomic mass is 16.5. The lowest BCUT2D eigenvalue weighted by atomic mass is 9.95. The molecule has 0 bridgehead atoms. The van der Waals surface area contributed by atoms with Gasteiger partial charge >= 0.3 is 0 Å². The van der Waals surface area contributed by atoms with Gasteiger partial charge in [0.1, 0.15) is 11.5 Å². The van der Waals surface area contributed by atoms with Crippen LogP contribution < -0.4 is 4.74 Å². The van der Waals surface area contributed by atoms with E-state index in [-0.39, 0.29) is 11.3 Å². The molecule has 1 N–H and O–H groups in total. The van der Waals surface area contributed by atoms with Crippen LogP contribution in [0.2, 0.25) is 0 Å². The van der Waals surface area contributed by atoms with Gasteiger partial charge in [-0.15, -0.1) is 0 Å². The molecule has 0 aliphatic carbocycles. The number of aliphatic hydroxyl groups is 1. The predicted molar refractivity (Wildman–Crippen MR) is 113 cm³/mol. The van der Waals surface area contributed by atoms with Crippen LogP contribution in [-0.4, -0.2) is 34.8 Å². The Balaban J connectivity index is 2.10. The van der Waals surface area contributed by atoms with Crippen LogP contribution in [0.4, 0.5) is 0 Å². The zero-order chi connectivity index (χ0) is 21.0. The van der Waals surface area contributed by atoms with Crippen molar-refractivity contribution < 1.29 is 19.4 Å². The fourth-order valence-electron chi connectivity index (χ4n) is 3.66. The monoisotopic (exact) mass is 393 g/mol.